The van der Waals surface area contributed by atoms with Crippen LogP contribution in [0.5, 0.6) is 11.5 Å². The van der Waals surface area contributed by atoms with E-state index in [0.29, 0.717) is 25.8 Å². The summed E-state index contributed by atoms with van der Waals surface area (Å²) in [5, 5.41) is 3.63. The molecule has 1 N–H and O–H groups in total. The number of fused-ring (bicyclic) bond motifs is 2. The van der Waals surface area contributed by atoms with Gasteiger partial charge in [0.25, 0.3) is 5.56 Å². The van der Waals surface area contributed by atoms with Crippen molar-refractivity contribution in [3.8, 4) is 11.5 Å². The lowest BCUT2D eigenvalue weighted by atomic mass is 10.0. The Morgan fingerprint density at radius 1 is 1.06 bits per heavy atom. The van der Waals surface area contributed by atoms with Crippen molar-refractivity contribution in [2.45, 2.75) is 45.8 Å². The summed E-state index contributed by atoms with van der Waals surface area (Å²) in [4.78, 5) is 24.1. The number of likely N-dealkylation sites (tertiary alicyclic amines) is 1. The lowest BCUT2D eigenvalue weighted by Gasteiger charge is -2.32. The number of pyridine rings is 3. The average Bonchev–Trinajstić information content (AvgIpc) is 2.84. The Bertz CT molecular complexity index is 1200. The molecule has 0 radical (unpaired) electrons. The molecule has 1 saturated heterocycles. The second-order valence-corrected chi connectivity index (χ2v) is 8.93. The van der Waals surface area contributed by atoms with Gasteiger partial charge >= 0.3 is 0 Å². The molecule has 0 amide bonds. The van der Waals surface area contributed by atoms with Gasteiger partial charge in [-0.25, -0.2) is 0 Å². The van der Waals surface area contributed by atoms with E-state index in [1.165, 1.54) is 0 Å². The second kappa shape index (κ2) is 9.49. The standard InChI is InChI=1S/C25H31N5O3/c1-17-13-22-21(28-18(17)2)3-4-25(31)30(22)10-9-29-7-5-19(6-8-29)26-15-20-14-23-24(16-27-20)33-12-11-32-23/h3-4,13-14,16,19,26H,5-12,15H2,1-2H3. The van der Waals surface area contributed by atoms with Gasteiger partial charge in [-0.15, -0.1) is 0 Å². The van der Waals surface area contributed by atoms with Crippen LogP contribution in [0, 0.1) is 13.8 Å². The normalized spacial score (nSPS) is 16.9. The van der Waals surface area contributed by atoms with E-state index in [2.05, 4.69) is 26.3 Å². The molecule has 0 aliphatic carbocycles. The first-order chi connectivity index (χ1) is 16.1. The summed E-state index contributed by atoms with van der Waals surface area (Å²) in [6.07, 6.45) is 3.91. The molecule has 2 aliphatic heterocycles. The van der Waals surface area contributed by atoms with Gasteiger partial charge in [0.1, 0.15) is 13.2 Å². The molecule has 0 spiro atoms. The fourth-order valence-corrected chi connectivity index (χ4v) is 4.58. The van der Waals surface area contributed by atoms with E-state index in [-0.39, 0.29) is 5.56 Å². The minimum Gasteiger partial charge on any atom is -0.486 e. The maximum atomic E-state index is 12.5. The molecule has 0 bridgehead atoms. The van der Waals surface area contributed by atoms with Crippen molar-refractivity contribution in [3.05, 3.63) is 57.8 Å². The Kier molecular flexibility index (Phi) is 6.28. The van der Waals surface area contributed by atoms with Gasteiger partial charge in [-0.05, 0) is 57.5 Å². The van der Waals surface area contributed by atoms with E-state index < -0.39 is 0 Å². The third-order valence-corrected chi connectivity index (χ3v) is 6.70. The van der Waals surface area contributed by atoms with Gasteiger partial charge in [0.15, 0.2) is 11.5 Å². The molecule has 174 valence electrons. The van der Waals surface area contributed by atoms with Crippen LogP contribution in [0.25, 0.3) is 11.0 Å². The third kappa shape index (κ3) is 4.86. The zero-order chi connectivity index (χ0) is 22.8. The molecule has 0 aromatic carbocycles. The molecule has 3 aromatic rings. The summed E-state index contributed by atoms with van der Waals surface area (Å²) in [5.41, 5.74) is 4.93. The first-order valence-corrected chi connectivity index (χ1v) is 11.7. The molecule has 33 heavy (non-hydrogen) atoms. The molecule has 5 heterocycles. The van der Waals surface area contributed by atoms with Crippen LogP contribution in [0.2, 0.25) is 0 Å². The van der Waals surface area contributed by atoms with Crippen molar-refractivity contribution in [1.29, 1.82) is 0 Å². The Balaban J connectivity index is 1.14. The van der Waals surface area contributed by atoms with Crippen molar-refractivity contribution < 1.29 is 9.47 Å². The summed E-state index contributed by atoms with van der Waals surface area (Å²) in [6.45, 7) is 9.51. The number of hydrogen-bond acceptors (Lipinski definition) is 7. The van der Waals surface area contributed by atoms with Crippen LogP contribution in [0.3, 0.4) is 0 Å². The predicted octanol–water partition coefficient (Wildman–Crippen LogP) is 2.43. The van der Waals surface area contributed by atoms with E-state index in [9.17, 15) is 4.79 Å². The molecular formula is C25H31N5O3. The molecule has 8 heteroatoms. The lowest BCUT2D eigenvalue weighted by molar-refractivity contribution is 0.170. The number of piperidine rings is 1. The number of hydrogen-bond donors (Lipinski definition) is 1. The van der Waals surface area contributed by atoms with Crippen LogP contribution in [-0.4, -0.2) is 58.3 Å². The van der Waals surface area contributed by atoms with Gasteiger partial charge in [-0.2, -0.15) is 0 Å². The number of nitrogens with one attached hydrogen (secondary N) is 1. The summed E-state index contributed by atoms with van der Waals surface area (Å²) in [6, 6.07) is 7.98. The topological polar surface area (TPSA) is 81.5 Å². The smallest absolute Gasteiger partial charge is 0.251 e. The van der Waals surface area contributed by atoms with E-state index in [0.717, 1.165) is 78.5 Å². The molecule has 0 saturated carbocycles. The van der Waals surface area contributed by atoms with E-state index >= 15 is 0 Å². The van der Waals surface area contributed by atoms with Crippen LogP contribution >= 0.6 is 0 Å². The molecule has 0 unspecified atom stereocenters. The van der Waals surface area contributed by atoms with E-state index in [4.69, 9.17) is 9.47 Å². The zero-order valence-electron chi connectivity index (χ0n) is 19.3. The van der Waals surface area contributed by atoms with Crippen LogP contribution in [0.4, 0.5) is 0 Å². The predicted molar refractivity (Wildman–Crippen MR) is 127 cm³/mol. The highest BCUT2D eigenvalue weighted by molar-refractivity contribution is 5.75. The summed E-state index contributed by atoms with van der Waals surface area (Å²) < 4.78 is 13.1. The molecule has 3 aromatic heterocycles. The van der Waals surface area contributed by atoms with Crippen LogP contribution < -0.4 is 20.3 Å². The van der Waals surface area contributed by atoms with E-state index in [1.807, 2.05) is 30.5 Å². The third-order valence-electron chi connectivity index (χ3n) is 6.70. The van der Waals surface area contributed by atoms with Gasteiger partial charge < -0.3 is 24.3 Å². The van der Waals surface area contributed by atoms with Crippen molar-refractivity contribution in [3.63, 3.8) is 0 Å². The highest BCUT2D eigenvalue weighted by Gasteiger charge is 2.20. The number of aromatic nitrogens is 3. The minimum atomic E-state index is 0.0380. The van der Waals surface area contributed by atoms with Crippen molar-refractivity contribution in [1.82, 2.24) is 24.8 Å². The molecular weight excluding hydrogens is 418 g/mol. The molecule has 1 fully saturated rings. The number of nitrogens with zero attached hydrogens (tertiary/aromatic N) is 4. The maximum Gasteiger partial charge on any atom is 0.251 e. The highest BCUT2D eigenvalue weighted by atomic mass is 16.6. The fourth-order valence-electron chi connectivity index (χ4n) is 4.58. The quantitative estimate of drug-likeness (QED) is 0.619. The molecule has 8 nitrogen and oxygen atoms in total. The van der Waals surface area contributed by atoms with Gasteiger partial charge in [0.2, 0.25) is 0 Å². The van der Waals surface area contributed by atoms with Gasteiger partial charge in [0, 0.05) is 43.5 Å². The lowest BCUT2D eigenvalue weighted by Crippen LogP contribution is -2.43. The van der Waals surface area contributed by atoms with Gasteiger partial charge in [0.05, 0.1) is 22.9 Å². The van der Waals surface area contributed by atoms with E-state index in [1.54, 1.807) is 12.3 Å². The monoisotopic (exact) mass is 449 g/mol. The molecule has 5 rings (SSSR count). The van der Waals surface area contributed by atoms with Gasteiger partial charge in [-0.3, -0.25) is 14.8 Å². The maximum absolute atomic E-state index is 12.5. The summed E-state index contributed by atoms with van der Waals surface area (Å²) in [7, 11) is 0. The Labute approximate surface area is 193 Å². The van der Waals surface area contributed by atoms with Crippen molar-refractivity contribution in [2.75, 3.05) is 32.8 Å². The average molecular weight is 450 g/mol. The SMILES string of the molecule is Cc1cc2c(ccc(=O)n2CCN2CCC(NCc3cc4c(cn3)OCCO4)CC2)nc1C. The Morgan fingerprint density at radius 2 is 1.85 bits per heavy atom. The number of rotatable bonds is 6. The molecule has 0 atom stereocenters. The van der Waals surface area contributed by atoms with Crippen LogP contribution in [0.15, 0.2) is 35.3 Å². The second-order valence-electron chi connectivity index (χ2n) is 8.93. The molecule has 2 aliphatic rings. The number of ether oxygens (including phenoxy) is 2. The van der Waals surface area contributed by atoms with Crippen LogP contribution in [-0.2, 0) is 13.1 Å². The van der Waals surface area contributed by atoms with Crippen molar-refractivity contribution >= 4 is 11.0 Å². The highest BCUT2D eigenvalue weighted by Crippen LogP contribution is 2.29. The largest absolute Gasteiger partial charge is 0.486 e. The Morgan fingerprint density at radius 3 is 2.67 bits per heavy atom. The van der Waals surface area contributed by atoms with Gasteiger partial charge in [-0.1, -0.05) is 0 Å². The zero-order valence-corrected chi connectivity index (χ0v) is 19.3. The minimum absolute atomic E-state index is 0.0380. The van der Waals surface area contributed by atoms with Crippen molar-refractivity contribution in [2.24, 2.45) is 0 Å². The number of aryl methyl sites for hydroxylation is 2. The summed E-state index contributed by atoms with van der Waals surface area (Å²) >= 11 is 0. The first-order valence-electron chi connectivity index (χ1n) is 11.7. The Hall–Kier alpha value is -2.97. The first kappa shape index (κ1) is 21.9. The van der Waals surface area contributed by atoms with Crippen LogP contribution in [0.1, 0.15) is 29.8 Å². The summed E-state index contributed by atoms with van der Waals surface area (Å²) in [5.74, 6) is 1.51. The fraction of sp³-hybridized carbons (Fsp3) is 0.480.